The van der Waals surface area contributed by atoms with Crippen LogP contribution >= 0.6 is 0 Å². The molecule has 124 valence electrons. The molecule has 1 saturated carbocycles. The average Bonchev–Trinajstić information content (AvgIpc) is 3.36. The topological polar surface area (TPSA) is 32.3 Å². The van der Waals surface area contributed by atoms with Crippen LogP contribution in [-0.4, -0.2) is 37.0 Å². The third-order valence-corrected chi connectivity index (χ3v) is 6.80. The smallest absolute Gasteiger partial charge is 0.251 e. The third-order valence-electron chi connectivity index (χ3n) is 6.80. The first-order chi connectivity index (χ1) is 11.0. The minimum absolute atomic E-state index is 0.0253. The third kappa shape index (κ3) is 2.40. The minimum Gasteiger partial charge on any atom is -0.355 e. The van der Waals surface area contributed by atoms with Crippen LogP contribution in [-0.2, 0) is 11.8 Å². The molecular weight excluding hydrogens is 284 g/mol. The Balaban J connectivity index is 1.70. The van der Waals surface area contributed by atoms with Gasteiger partial charge in [0.05, 0.1) is 0 Å². The maximum atomic E-state index is 12.0. The monoisotopic (exact) mass is 312 g/mol. The number of hydrogen-bond donors (Lipinski definition) is 1. The lowest BCUT2D eigenvalue weighted by atomic mass is 9.59. The number of fused-ring (bicyclic) bond motifs is 4. The standard InChI is InChI=1S/C20H28N2O/c1-13-18-11-15-6-7-16(19(23)21-3)10-17(15)20(13,2)8-9-22(18)12-14-4-5-14/h6-7,10,13-14,18H,4-5,8-9,11-12H2,1-3H3,(H,21,23)/t13-,18+,20+/m1/s1. The molecule has 0 aromatic heterocycles. The van der Waals surface area contributed by atoms with Gasteiger partial charge in [0.2, 0.25) is 0 Å². The van der Waals surface area contributed by atoms with Crippen molar-refractivity contribution < 1.29 is 4.79 Å². The van der Waals surface area contributed by atoms with E-state index in [4.69, 9.17) is 0 Å². The molecule has 3 aliphatic rings. The van der Waals surface area contributed by atoms with Gasteiger partial charge in [-0.3, -0.25) is 9.69 Å². The Morgan fingerprint density at radius 3 is 2.87 bits per heavy atom. The second kappa shape index (κ2) is 5.34. The van der Waals surface area contributed by atoms with Gasteiger partial charge >= 0.3 is 0 Å². The summed E-state index contributed by atoms with van der Waals surface area (Å²) in [6.07, 6.45) is 5.22. The highest BCUT2D eigenvalue weighted by molar-refractivity contribution is 5.94. The lowest BCUT2D eigenvalue weighted by Gasteiger charge is -2.55. The van der Waals surface area contributed by atoms with E-state index in [1.807, 2.05) is 6.07 Å². The molecule has 2 bridgehead atoms. The number of nitrogens with zero attached hydrogens (tertiary/aromatic N) is 1. The van der Waals surface area contributed by atoms with Gasteiger partial charge in [0.25, 0.3) is 5.91 Å². The van der Waals surface area contributed by atoms with Gasteiger partial charge in [-0.1, -0.05) is 19.9 Å². The highest BCUT2D eigenvalue weighted by Gasteiger charge is 2.49. The summed E-state index contributed by atoms with van der Waals surface area (Å²) in [5.74, 6) is 1.64. The predicted molar refractivity (Wildman–Crippen MR) is 92.8 cm³/mol. The first-order valence-electron chi connectivity index (χ1n) is 9.12. The van der Waals surface area contributed by atoms with E-state index < -0.39 is 0 Å². The molecule has 4 rings (SSSR count). The van der Waals surface area contributed by atoms with Crippen molar-refractivity contribution in [1.82, 2.24) is 10.2 Å². The van der Waals surface area contributed by atoms with Gasteiger partial charge in [-0.2, -0.15) is 0 Å². The molecule has 0 radical (unpaired) electrons. The SMILES string of the molecule is CNC(=O)c1ccc2c(c1)[C@@]1(C)CCN(CC3CC3)[C@@H](C2)[C@H]1C. The number of piperidine rings is 1. The highest BCUT2D eigenvalue weighted by atomic mass is 16.1. The molecule has 2 aliphatic carbocycles. The van der Waals surface area contributed by atoms with Gasteiger partial charge in [-0.05, 0) is 72.7 Å². The Morgan fingerprint density at radius 1 is 1.39 bits per heavy atom. The fraction of sp³-hybridized carbons (Fsp3) is 0.650. The van der Waals surface area contributed by atoms with Crippen molar-refractivity contribution in [3.05, 3.63) is 34.9 Å². The van der Waals surface area contributed by atoms with Crippen LogP contribution in [0.15, 0.2) is 18.2 Å². The van der Waals surface area contributed by atoms with Crippen LogP contribution in [0.3, 0.4) is 0 Å². The lowest BCUT2D eigenvalue weighted by Crippen LogP contribution is -2.58. The molecule has 3 atom stereocenters. The second-order valence-electron chi connectivity index (χ2n) is 8.12. The number of hydrogen-bond acceptors (Lipinski definition) is 2. The maximum absolute atomic E-state index is 12.0. The van der Waals surface area contributed by atoms with E-state index in [2.05, 4.69) is 36.2 Å². The van der Waals surface area contributed by atoms with Crippen LogP contribution in [0.25, 0.3) is 0 Å². The van der Waals surface area contributed by atoms with E-state index in [1.54, 1.807) is 7.05 Å². The number of carbonyl (C=O) groups excluding carboxylic acids is 1. The molecule has 0 unspecified atom stereocenters. The van der Waals surface area contributed by atoms with E-state index in [1.165, 1.54) is 43.5 Å². The highest BCUT2D eigenvalue weighted by Crippen LogP contribution is 2.49. The Hall–Kier alpha value is -1.35. The van der Waals surface area contributed by atoms with E-state index in [9.17, 15) is 4.79 Å². The molecule has 1 aliphatic heterocycles. The van der Waals surface area contributed by atoms with Crippen molar-refractivity contribution in [3.63, 3.8) is 0 Å². The number of likely N-dealkylation sites (tertiary alicyclic amines) is 1. The van der Waals surface area contributed by atoms with Crippen molar-refractivity contribution >= 4 is 5.91 Å². The molecule has 1 aromatic carbocycles. The average molecular weight is 312 g/mol. The summed E-state index contributed by atoms with van der Waals surface area (Å²) < 4.78 is 0. The van der Waals surface area contributed by atoms with Crippen LogP contribution in [0.4, 0.5) is 0 Å². The molecule has 3 heteroatoms. The number of amides is 1. The van der Waals surface area contributed by atoms with Crippen molar-refractivity contribution in [3.8, 4) is 0 Å². The quantitative estimate of drug-likeness (QED) is 0.930. The maximum Gasteiger partial charge on any atom is 0.251 e. The Morgan fingerprint density at radius 2 is 2.17 bits per heavy atom. The Labute approximate surface area is 139 Å². The lowest BCUT2D eigenvalue weighted by molar-refractivity contribution is 0.0284. The fourth-order valence-corrected chi connectivity index (χ4v) is 4.85. The summed E-state index contributed by atoms with van der Waals surface area (Å²) in [7, 11) is 1.71. The van der Waals surface area contributed by atoms with Crippen LogP contribution < -0.4 is 5.32 Å². The van der Waals surface area contributed by atoms with E-state index in [-0.39, 0.29) is 11.3 Å². The molecule has 1 aromatic rings. The molecule has 2 fully saturated rings. The van der Waals surface area contributed by atoms with Crippen molar-refractivity contribution in [2.24, 2.45) is 11.8 Å². The zero-order valence-electron chi connectivity index (χ0n) is 14.6. The van der Waals surface area contributed by atoms with E-state index in [0.717, 1.165) is 17.9 Å². The number of rotatable bonds is 3. The van der Waals surface area contributed by atoms with Crippen molar-refractivity contribution in [2.75, 3.05) is 20.1 Å². The van der Waals surface area contributed by atoms with Gasteiger partial charge in [0, 0.05) is 25.2 Å². The summed E-state index contributed by atoms with van der Waals surface area (Å²) in [5, 5.41) is 2.76. The minimum atomic E-state index is 0.0253. The fourth-order valence-electron chi connectivity index (χ4n) is 4.85. The molecule has 1 saturated heterocycles. The first kappa shape index (κ1) is 15.2. The molecule has 0 spiro atoms. The number of carbonyl (C=O) groups is 1. The van der Waals surface area contributed by atoms with Gasteiger partial charge < -0.3 is 5.32 Å². The molecule has 3 nitrogen and oxygen atoms in total. The first-order valence-corrected chi connectivity index (χ1v) is 9.12. The molecule has 1 N–H and O–H groups in total. The molecular formula is C20H28N2O. The van der Waals surface area contributed by atoms with Gasteiger partial charge in [-0.15, -0.1) is 0 Å². The predicted octanol–water partition coefficient (Wildman–Crippen LogP) is 2.98. The summed E-state index contributed by atoms with van der Waals surface area (Å²) in [6.45, 7) is 7.37. The van der Waals surface area contributed by atoms with Gasteiger partial charge in [-0.25, -0.2) is 0 Å². The summed E-state index contributed by atoms with van der Waals surface area (Å²) in [4.78, 5) is 14.8. The molecule has 1 heterocycles. The van der Waals surface area contributed by atoms with Gasteiger partial charge in [0.1, 0.15) is 0 Å². The Kier molecular flexibility index (Phi) is 3.53. The van der Waals surface area contributed by atoms with Crippen LogP contribution in [0.1, 0.15) is 54.6 Å². The second-order valence-corrected chi connectivity index (χ2v) is 8.12. The summed E-state index contributed by atoms with van der Waals surface area (Å²) in [5.41, 5.74) is 3.90. The number of benzene rings is 1. The van der Waals surface area contributed by atoms with Crippen LogP contribution in [0.5, 0.6) is 0 Å². The van der Waals surface area contributed by atoms with Gasteiger partial charge in [0.15, 0.2) is 0 Å². The molecule has 1 amide bonds. The Bertz CT molecular complexity index is 637. The largest absolute Gasteiger partial charge is 0.355 e. The van der Waals surface area contributed by atoms with Crippen LogP contribution in [0.2, 0.25) is 0 Å². The molecule has 23 heavy (non-hydrogen) atoms. The van der Waals surface area contributed by atoms with E-state index >= 15 is 0 Å². The number of nitrogens with one attached hydrogen (secondary N) is 1. The zero-order valence-corrected chi connectivity index (χ0v) is 14.6. The summed E-state index contributed by atoms with van der Waals surface area (Å²) >= 11 is 0. The van der Waals surface area contributed by atoms with E-state index in [0.29, 0.717) is 12.0 Å². The van der Waals surface area contributed by atoms with Crippen molar-refractivity contribution in [2.45, 2.75) is 51.0 Å². The summed E-state index contributed by atoms with van der Waals surface area (Å²) in [6, 6.07) is 7.04. The van der Waals surface area contributed by atoms with Crippen LogP contribution in [0, 0.1) is 11.8 Å². The van der Waals surface area contributed by atoms with Crippen molar-refractivity contribution in [1.29, 1.82) is 0 Å². The zero-order chi connectivity index (χ0) is 16.2. The normalized spacial score (nSPS) is 33.2.